The molecule has 0 bridgehead atoms. The molecule has 0 N–H and O–H groups in total. The van der Waals surface area contributed by atoms with Gasteiger partial charge in [-0.25, -0.2) is 9.37 Å². The lowest BCUT2D eigenvalue weighted by Crippen LogP contribution is -2.58. The predicted octanol–water partition coefficient (Wildman–Crippen LogP) is 4.71. The molecule has 31 heavy (non-hydrogen) atoms. The molecule has 3 heterocycles. The molecule has 0 amide bonds. The molecule has 1 aromatic carbocycles. The van der Waals surface area contributed by atoms with E-state index in [0.29, 0.717) is 12.1 Å². The second-order valence-electron chi connectivity index (χ2n) is 9.50. The molecule has 1 unspecified atom stereocenters. The third-order valence-corrected chi connectivity index (χ3v) is 7.12. The first-order valence-corrected chi connectivity index (χ1v) is 11.9. The van der Waals surface area contributed by atoms with Crippen LogP contribution >= 0.6 is 0 Å². The average molecular weight is 425 g/mol. The van der Waals surface area contributed by atoms with Gasteiger partial charge < -0.3 is 4.90 Å². The molecule has 0 aliphatic carbocycles. The summed E-state index contributed by atoms with van der Waals surface area (Å²) < 4.78 is 14.3. The monoisotopic (exact) mass is 424 g/mol. The van der Waals surface area contributed by atoms with Crippen molar-refractivity contribution in [3.63, 3.8) is 0 Å². The Morgan fingerprint density at radius 2 is 1.77 bits per heavy atom. The van der Waals surface area contributed by atoms with Gasteiger partial charge in [0.2, 0.25) is 0 Å². The zero-order valence-electron chi connectivity index (χ0n) is 19.6. The summed E-state index contributed by atoms with van der Waals surface area (Å²) >= 11 is 0. The Labute approximate surface area is 187 Å². The normalized spacial score (nSPS) is 21.6. The van der Waals surface area contributed by atoms with Crippen LogP contribution in [0.25, 0.3) is 0 Å². The number of aryl methyl sites for hydroxylation is 3. The van der Waals surface area contributed by atoms with Gasteiger partial charge in [-0.1, -0.05) is 25.1 Å². The van der Waals surface area contributed by atoms with Crippen LogP contribution in [0, 0.1) is 26.6 Å². The van der Waals surface area contributed by atoms with Crippen molar-refractivity contribution in [2.75, 3.05) is 37.6 Å². The fourth-order valence-electron chi connectivity index (χ4n) is 5.38. The first-order chi connectivity index (χ1) is 14.9. The van der Waals surface area contributed by atoms with E-state index in [9.17, 15) is 4.39 Å². The van der Waals surface area contributed by atoms with E-state index < -0.39 is 0 Å². The van der Waals surface area contributed by atoms with Gasteiger partial charge in [-0.05, 0) is 75.9 Å². The number of piperazine rings is 1. The molecule has 1 aromatic heterocycles. The van der Waals surface area contributed by atoms with Crippen molar-refractivity contribution in [1.29, 1.82) is 0 Å². The Balaban J connectivity index is 1.34. The summed E-state index contributed by atoms with van der Waals surface area (Å²) in [7, 11) is 0. The summed E-state index contributed by atoms with van der Waals surface area (Å²) in [6.07, 6.45) is 5.50. The molecule has 2 aliphatic heterocycles. The van der Waals surface area contributed by atoms with Crippen LogP contribution in [0.5, 0.6) is 0 Å². The SMILES string of the molecule is CCC1CN(c2ncc(C)cc2C)CCN1C1CCN(Cc2ccc(C)cc2F)CC1. The first-order valence-electron chi connectivity index (χ1n) is 11.9. The van der Waals surface area contributed by atoms with Crippen LogP contribution in [0.4, 0.5) is 10.2 Å². The van der Waals surface area contributed by atoms with Crippen molar-refractivity contribution in [1.82, 2.24) is 14.8 Å². The van der Waals surface area contributed by atoms with Crippen LogP contribution in [0.3, 0.4) is 0 Å². The highest BCUT2D eigenvalue weighted by Crippen LogP contribution is 2.27. The van der Waals surface area contributed by atoms with Gasteiger partial charge in [-0.2, -0.15) is 0 Å². The van der Waals surface area contributed by atoms with Crippen molar-refractivity contribution in [3.05, 3.63) is 58.5 Å². The zero-order chi connectivity index (χ0) is 22.0. The minimum absolute atomic E-state index is 0.0655. The van der Waals surface area contributed by atoms with E-state index in [-0.39, 0.29) is 5.82 Å². The maximum atomic E-state index is 14.3. The molecule has 0 radical (unpaired) electrons. The number of benzene rings is 1. The maximum Gasteiger partial charge on any atom is 0.131 e. The Morgan fingerprint density at radius 1 is 1.00 bits per heavy atom. The smallest absolute Gasteiger partial charge is 0.131 e. The van der Waals surface area contributed by atoms with Crippen molar-refractivity contribution >= 4 is 5.82 Å². The summed E-state index contributed by atoms with van der Waals surface area (Å²) in [5, 5.41) is 0. The Hall–Kier alpha value is -1.98. The molecule has 2 aromatic rings. The third kappa shape index (κ3) is 5.09. The molecule has 2 saturated heterocycles. The fraction of sp³-hybridized carbons (Fsp3) is 0.577. The molecular formula is C26H37FN4. The Kier molecular flexibility index (Phi) is 6.92. The summed E-state index contributed by atoms with van der Waals surface area (Å²) in [5.74, 6) is 1.09. The average Bonchev–Trinajstić information content (AvgIpc) is 2.76. The van der Waals surface area contributed by atoms with Crippen LogP contribution in [-0.4, -0.2) is 59.6 Å². The van der Waals surface area contributed by atoms with Gasteiger partial charge >= 0.3 is 0 Å². The number of likely N-dealkylation sites (tertiary alicyclic amines) is 1. The molecule has 2 fully saturated rings. The summed E-state index contributed by atoms with van der Waals surface area (Å²) in [4.78, 5) is 12.4. The van der Waals surface area contributed by atoms with E-state index in [2.05, 4.69) is 41.5 Å². The molecule has 2 aliphatic rings. The quantitative estimate of drug-likeness (QED) is 0.693. The Bertz CT molecular complexity index is 891. The zero-order valence-corrected chi connectivity index (χ0v) is 19.6. The van der Waals surface area contributed by atoms with E-state index in [1.54, 1.807) is 6.07 Å². The topological polar surface area (TPSA) is 22.6 Å². The van der Waals surface area contributed by atoms with E-state index in [1.165, 1.54) is 24.0 Å². The van der Waals surface area contributed by atoms with Crippen LogP contribution in [0.2, 0.25) is 0 Å². The standard InChI is InChI=1S/C26H37FN4/c1-5-23-18-30(26-21(4)14-20(3)16-28-26)12-13-31(23)24-8-10-29(11-9-24)17-22-7-6-19(2)15-25(22)27/h6-7,14-16,23-24H,5,8-13,17-18H2,1-4H3. The fourth-order valence-corrected chi connectivity index (χ4v) is 5.38. The highest BCUT2D eigenvalue weighted by Gasteiger charge is 2.33. The number of rotatable bonds is 5. The van der Waals surface area contributed by atoms with Crippen LogP contribution in [-0.2, 0) is 6.54 Å². The minimum atomic E-state index is -0.0655. The number of hydrogen-bond donors (Lipinski definition) is 0. The number of aromatic nitrogens is 1. The van der Waals surface area contributed by atoms with E-state index in [1.807, 2.05) is 25.3 Å². The van der Waals surface area contributed by atoms with Gasteiger partial charge in [-0.3, -0.25) is 9.80 Å². The maximum absolute atomic E-state index is 14.3. The van der Waals surface area contributed by atoms with Crippen LogP contribution in [0.15, 0.2) is 30.5 Å². The largest absolute Gasteiger partial charge is 0.354 e. The molecule has 5 heteroatoms. The number of halogens is 1. The number of nitrogens with zero attached hydrogens (tertiary/aromatic N) is 4. The molecule has 0 spiro atoms. The van der Waals surface area contributed by atoms with Gasteiger partial charge in [-0.15, -0.1) is 0 Å². The van der Waals surface area contributed by atoms with Crippen molar-refractivity contribution in [2.45, 2.75) is 65.6 Å². The van der Waals surface area contributed by atoms with Gasteiger partial charge in [0.25, 0.3) is 0 Å². The molecule has 0 saturated carbocycles. The lowest BCUT2D eigenvalue weighted by atomic mass is 9.97. The second-order valence-corrected chi connectivity index (χ2v) is 9.50. The van der Waals surface area contributed by atoms with E-state index >= 15 is 0 Å². The van der Waals surface area contributed by atoms with Gasteiger partial charge in [0.1, 0.15) is 11.6 Å². The highest BCUT2D eigenvalue weighted by molar-refractivity contribution is 5.48. The Morgan fingerprint density at radius 3 is 2.45 bits per heavy atom. The van der Waals surface area contributed by atoms with Crippen molar-refractivity contribution < 1.29 is 4.39 Å². The lowest BCUT2D eigenvalue weighted by molar-refractivity contribution is 0.0607. The van der Waals surface area contributed by atoms with Crippen LogP contribution < -0.4 is 4.90 Å². The number of anilines is 1. The summed E-state index contributed by atoms with van der Waals surface area (Å²) in [6, 6.07) is 9.06. The van der Waals surface area contributed by atoms with Gasteiger partial charge in [0, 0.05) is 50.0 Å². The van der Waals surface area contributed by atoms with E-state index in [4.69, 9.17) is 4.98 Å². The van der Waals surface area contributed by atoms with Crippen molar-refractivity contribution in [2.24, 2.45) is 0 Å². The van der Waals surface area contributed by atoms with Crippen LogP contribution in [0.1, 0.15) is 48.4 Å². The summed E-state index contributed by atoms with van der Waals surface area (Å²) in [6.45, 7) is 14.6. The number of pyridine rings is 1. The van der Waals surface area contributed by atoms with Gasteiger partial charge in [0.15, 0.2) is 0 Å². The number of hydrogen-bond acceptors (Lipinski definition) is 4. The highest BCUT2D eigenvalue weighted by atomic mass is 19.1. The predicted molar refractivity (Wildman–Crippen MR) is 126 cm³/mol. The molecule has 168 valence electrons. The first kappa shape index (κ1) is 22.2. The van der Waals surface area contributed by atoms with Crippen molar-refractivity contribution in [3.8, 4) is 0 Å². The summed E-state index contributed by atoms with van der Waals surface area (Å²) in [5.41, 5.74) is 4.31. The minimum Gasteiger partial charge on any atom is -0.354 e. The third-order valence-electron chi connectivity index (χ3n) is 7.12. The second kappa shape index (κ2) is 9.66. The molecule has 1 atom stereocenters. The molecule has 4 rings (SSSR count). The molecule has 4 nitrogen and oxygen atoms in total. The van der Waals surface area contributed by atoms with E-state index in [0.717, 1.165) is 62.6 Å². The number of piperidine rings is 1. The van der Waals surface area contributed by atoms with Gasteiger partial charge in [0.05, 0.1) is 0 Å². The molecular weight excluding hydrogens is 387 g/mol. The lowest BCUT2D eigenvalue weighted by Gasteiger charge is -2.48.